The molecule has 0 radical (unpaired) electrons. The van der Waals surface area contributed by atoms with Crippen molar-refractivity contribution in [1.29, 1.82) is 0 Å². The Labute approximate surface area is 147 Å². The molecule has 2 amide bonds. The lowest BCUT2D eigenvalue weighted by Gasteiger charge is -2.22. The van der Waals surface area contributed by atoms with E-state index in [2.05, 4.69) is 5.32 Å². The molecule has 0 unspecified atom stereocenters. The third kappa shape index (κ3) is 5.77. The number of nitrogens with one attached hydrogen (secondary N) is 1. The quantitative estimate of drug-likeness (QED) is 0.844. The van der Waals surface area contributed by atoms with Crippen molar-refractivity contribution in [2.45, 2.75) is 39.0 Å². The standard InChI is InChI=1S/C18H24N2O5/c1-18(2,3)25-16(22)19-15-10-20(9-14(15)11-21)17(23)24-12-13-7-5-4-6-8-13/h4-8,11,14-15H,9-10,12H2,1-3H3,(H,19,22)/t14-,15-/m1/s1. The van der Waals surface area contributed by atoms with Gasteiger partial charge in [-0.3, -0.25) is 0 Å². The van der Waals surface area contributed by atoms with Crippen molar-refractivity contribution in [3.8, 4) is 0 Å². The Kier molecular flexibility index (Phi) is 6.01. The fraction of sp³-hybridized carbons (Fsp3) is 0.500. The van der Waals surface area contributed by atoms with Gasteiger partial charge < -0.3 is 24.5 Å². The van der Waals surface area contributed by atoms with Crippen molar-refractivity contribution in [2.75, 3.05) is 13.1 Å². The van der Waals surface area contributed by atoms with E-state index in [0.717, 1.165) is 11.8 Å². The molecule has 7 nitrogen and oxygen atoms in total. The zero-order valence-electron chi connectivity index (χ0n) is 14.7. The zero-order chi connectivity index (χ0) is 18.4. The van der Waals surface area contributed by atoms with Crippen molar-refractivity contribution < 1.29 is 23.9 Å². The zero-order valence-corrected chi connectivity index (χ0v) is 14.7. The van der Waals surface area contributed by atoms with Gasteiger partial charge in [0.2, 0.25) is 0 Å². The van der Waals surface area contributed by atoms with Crippen LogP contribution in [0.5, 0.6) is 0 Å². The molecule has 0 bridgehead atoms. The lowest BCUT2D eigenvalue weighted by Crippen LogP contribution is -2.44. The number of carbonyl (C=O) groups excluding carboxylic acids is 3. The maximum absolute atomic E-state index is 12.2. The summed E-state index contributed by atoms with van der Waals surface area (Å²) in [6.07, 6.45) is -0.375. The van der Waals surface area contributed by atoms with E-state index in [-0.39, 0.29) is 19.7 Å². The first kappa shape index (κ1) is 18.8. The van der Waals surface area contributed by atoms with Gasteiger partial charge in [0.05, 0.1) is 12.0 Å². The predicted octanol–water partition coefficient (Wildman–Crippen LogP) is 2.35. The Morgan fingerprint density at radius 3 is 2.52 bits per heavy atom. The minimum absolute atomic E-state index is 0.159. The first-order valence-corrected chi connectivity index (χ1v) is 8.19. The normalized spacial score (nSPS) is 20.0. The number of hydrogen-bond donors (Lipinski definition) is 1. The summed E-state index contributed by atoms with van der Waals surface area (Å²) in [5, 5.41) is 2.65. The van der Waals surface area contributed by atoms with Crippen molar-refractivity contribution in [3.05, 3.63) is 35.9 Å². The fourth-order valence-corrected chi connectivity index (χ4v) is 2.54. The van der Waals surface area contributed by atoms with E-state index in [4.69, 9.17) is 9.47 Å². The molecule has 2 rings (SSSR count). The summed E-state index contributed by atoms with van der Waals surface area (Å²) in [7, 11) is 0. The average Bonchev–Trinajstić information content (AvgIpc) is 2.94. The molecule has 1 aliphatic rings. The van der Waals surface area contributed by atoms with Crippen LogP contribution in [0.1, 0.15) is 26.3 Å². The van der Waals surface area contributed by atoms with E-state index in [1.807, 2.05) is 30.3 Å². The van der Waals surface area contributed by atoms with Crippen LogP contribution in [-0.2, 0) is 20.9 Å². The summed E-state index contributed by atoms with van der Waals surface area (Å²) < 4.78 is 10.5. The van der Waals surface area contributed by atoms with Crippen LogP contribution >= 0.6 is 0 Å². The van der Waals surface area contributed by atoms with Crippen LogP contribution < -0.4 is 5.32 Å². The van der Waals surface area contributed by atoms with Gasteiger partial charge in [-0.15, -0.1) is 0 Å². The van der Waals surface area contributed by atoms with Gasteiger partial charge >= 0.3 is 12.2 Å². The van der Waals surface area contributed by atoms with E-state index in [1.54, 1.807) is 20.8 Å². The molecule has 25 heavy (non-hydrogen) atoms. The average molecular weight is 348 g/mol. The van der Waals surface area contributed by atoms with Crippen molar-refractivity contribution in [3.63, 3.8) is 0 Å². The molecule has 1 saturated heterocycles. The van der Waals surface area contributed by atoms with Gasteiger partial charge in [-0.25, -0.2) is 9.59 Å². The number of hydrogen-bond acceptors (Lipinski definition) is 5. The van der Waals surface area contributed by atoms with Gasteiger partial charge in [-0.1, -0.05) is 30.3 Å². The molecule has 1 heterocycles. The highest BCUT2D eigenvalue weighted by atomic mass is 16.6. The van der Waals surface area contributed by atoms with E-state index >= 15 is 0 Å². The minimum Gasteiger partial charge on any atom is -0.445 e. The third-order valence-corrected chi connectivity index (χ3v) is 3.71. The topological polar surface area (TPSA) is 84.9 Å². The number of likely N-dealkylation sites (tertiary alicyclic amines) is 1. The van der Waals surface area contributed by atoms with E-state index in [1.165, 1.54) is 4.90 Å². The molecule has 0 saturated carbocycles. The summed E-state index contributed by atoms with van der Waals surface area (Å²) in [6.45, 7) is 5.84. The molecule has 1 aromatic rings. The monoisotopic (exact) mass is 348 g/mol. The van der Waals surface area contributed by atoms with Crippen LogP contribution in [-0.4, -0.2) is 48.1 Å². The van der Waals surface area contributed by atoms with Gasteiger partial charge in [0.15, 0.2) is 0 Å². The molecule has 0 aromatic heterocycles. The predicted molar refractivity (Wildman–Crippen MR) is 90.9 cm³/mol. The first-order valence-electron chi connectivity index (χ1n) is 8.19. The molecule has 2 atom stereocenters. The number of amides is 2. The first-order chi connectivity index (χ1) is 11.8. The van der Waals surface area contributed by atoms with Crippen LogP contribution in [0.3, 0.4) is 0 Å². The van der Waals surface area contributed by atoms with Crippen LogP contribution in [0.25, 0.3) is 0 Å². The molecule has 0 aliphatic carbocycles. The second-order valence-corrected chi connectivity index (χ2v) is 7.00. The number of carbonyl (C=O) groups is 3. The van der Waals surface area contributed by atoms with Crippen LogP contribution in [0.4, 0.5) is 9.59 Å². The highest BCUT2D eigenvalue weighted by Gasteiger charge is 2.37. The van der Waals surface area contributed by atoms with Gasteiger partial charge in [0.25, 0.3) is 0 Å². The molecule has 0 spiro atoms. The van der Waals surface area contributed by atoms with E-state index < -0.39 is 29.7 Å². The molecule has 1 fully saturated rings. The molecule has 1 aromatic carbocycles. The Morgan fingerprint density at radius 1 is 1.24 bits per heavy atom. The lowest BCUT2D eigenvalue weighted by atomic mass is 10.1. The summed E-state index contributed by atoms with van der Waals surface area (Å²) >= 11 is 0. The summed E-state index contributed by atoms with van der Waals surface area (Å²) in [6, 6.07) is 8.84. The van der Waals surface area contributed by atoms with Crippen LogP contribution in [0.15, 0.2) is 30.3 Å². The highest BCUT2D eigenvalue weighted by Crippen LogP contribution is 2.18. The van der Waals surface area contributed by atoms with Gasteiger partial charge in [0.1, 0.15) is 18.5 Å². The summed E-state index contributed by atoms with van der Waals surface area (Å²) in [5.41, 5.74) is 0.249. The number of aldehydes is 1. The van der Waals surface area contributed by atoms with Gasteiger partial charge in [-0.2, -0.15) is 0 Å². The highest BCUT2D eigenvalue weighted by molar-refractivity contribution is 5.72. The largest absolute Gasteiger partial charge is 0.445 e. The second-order valence-electron chi connectivity index (χ2n) is 7.00. The SMILES string of the molecule is CC(C)(C)OC(=O)N[C@@H]1CN(C(=O)OCc2ccccc2)C[C@@H]1C=O. The maximum atomic E-state index is 12.2. The molecular weight excluding hydrogens is 324 g/mol. The second kappa shape index (κ2) is 8.00. The van der Waals surface area contributed by atoms with Gasteiger partial charge in [-0.05, 0) is 26.3 Å². The lowest BCUT2D eigenvalue weighted by molar-refractivity contribution is -0.111. The number of nitrogens with zero attached hydrogens (tertiary/aromatic N) is 1. The van der Waals surface area contributed by atoms with Crippen LogP contribution in [0, 0.1) is 5.92 Å². The number of ether oxygens (including phenoxy) is 2. The summed E-state index contributed by atoms with van der Waals surface area (Å²) in [5.74, 6) is -0.489. The molecular formula is C18H24N2O5. The number of benzene rings is 1. The maximum Gasteiger partial charge on any atom is 0.410 e. The smallest absolute Gasteiger partial charge is 0.410 e. The van der Waals surface area contributed by atoms with Crippen molar-refractivity contribution in [1.82, 2.24) is 10.2 Å². The Hall–Kier alpha value is -2.57. The van der Waals surface area contributed by atoms with E-state index in [0.29, 0.717) is 0 Å². The van der Waals surface area contributed by atoms with Gasteiger partial charge in [0, 0.05) is 13.1 Å². The van der Waals surface area contributed by atoms with Crippen molar-refractivity contribution >= 4 is 18.5 Å². The Bertz CT molecular complexity index is 612. The fourth-order valence-electron chi connectivity index (χ4n) is 2.54. The Morgan fingerprint density at radius 2 is 1.92 bits per heavy atom. The molecule has 7 heteroatoms. The third-order valence-electron chi connectivity index (χ3n) is 3.71. The molecule has 1 aliphatic heterocycles. The van der Waals surface area contributed by atoms with E-state index in [9.17, 15) is 14.4 Å². The Balaban J connectivity index is 1.88. The molecule has 136 valence electrons. The molecule has 1 N–H and O–H groups in total. The number of alkyl carbamates (subject to hydrolysis) is 1. The number of rotatable bonds is 4. The van der Waals surface area contributed by atoms with Crippen molar-refractivity contribution in [2.24, 2.45) is 5.92 Å². The summed E-state index contributed by atoms with van der Waals surface area (Å²) in [4.78, 5) is 36.7. The van der Waals surface area contributed by atoms with Crippen LogP contribution in [0.2, 0.25) is 0 Å². The minimum atomic E-state index is -0.631.